The Morgan fingerprint density at radius 2 is 2.24 bits per heavy atom. The van der Waals surface area contributed by atoms with Gasteiger partial charge in [-0.1, -0.05) is 6.07 Å². The molecule has 7 nitrogen and oxygen atoms in total. The van der Waals surface area contributed by atoms with Crippen molar-refractivity contribution in [3.8, 4) is 5.75 Å². The Hall–Kier alpha value is -3.35. The van der Waals surface area contributed by atoms with Gasteiger partial charge in [0.05, 0.1) is 18.7 Å². The zero-order valence-electron chi connectivity index (χ0n) is 13.7. The summed E-state index contributed by atoms with van der Waals surface area (Å²) in [6.45, 7) is 2.52. The number of benzene rings is 1. The number of ether oxygens (including phenoxy) is 1. The predicted molar refractivity (Wildman–Crippen MR) is 94.8 cm³/mol. The molecule has 1 aromatic carbocycles. The Bertz CT molecular complexity index is 1050. The third-order valence-electron chi connectivity index (χ3n) is 3.97. The number of nitrogens with one attached hydrogen (secondary N) is 2. The van der Waals surface area contributed by atoms with Gasteiger partial charge in [-0.3, -0.25) is 9.20 Å². The van der Waals surface area contributed by atoms with Crippen LogP contribution in [0.5, 0.6) is 5.75 Å². The van der Waals surface area contributed by atoms with E-state index in [-0.39, 0.29) is 12.3 Å². The minimum atomic E-state index is -0.0976. The lowest BCUT2D eigenvalue weighted by Crippen LogP contribution is -2.14. The van der Waals surface area contributed by atoms with Crippen molar-refractivity contribution in [1.29, 1.82) is 0 Å². The summed E-state index contributed by atoms with van der Waals surface area (Å²) in [4.78, 5) is 15.7. The summed E-state index contributed by atoms with van der Waals surface area (Å²) in [5.41, 5.74) is 3.29. The molecule has 0 aliphatic carbocycles. The van der Waals surface area contributed by atoms with Crippen molar-refractivity contribution in [3.63, 3.8) is 0 Å². The molecule has 0 bridgehead atoms. The number of fused-ring (bicyclic) bond motifs is 2. The molecule has 126 valence electrons. The van der Waals surface area contributed by atoms with E-state index in [1.807, 2.05) is 43.5 Å². The molecule has 0 radical (unpaired) electrons. The van der Waals surface area contributed by atoms with Crippen molar-refractivity contribution >= 4 is 28.1 Å². The fourth-order valence-corrected chi connectivity index (χ4v) is 2.91. The number of rotatable bonds is 5. The normalized spacial score (nSPS) is 11.1. The first-order chi connectivity index (χ1) is 12.2. The summed E-state index contributed by atoms with van der Waals surface area (Å²) >= 11 is 0. The highest BCUT2D eigenvalue weighted by molar-refractivity contribution is 5.97. The van der Waals surface area contributed by atoms with Crippen LogP contribution in [0.25, 0.3) is 16.6 Å². The second kappa shape index (κ2) is 6.27. The van der Waals surface area contributed by atoms with Crippen LogP contribution in [0.1, 0.15) is 12.5 Å². The van der Waals surface area contributed by atoms with Gasteiger partial charge in [0.25, 0.3) is 0 Å². The van der Waals surface area contributed by atoms with Crippen molar-refractivity contribution in [2.45, 2.75) is 13.3 Å². The van der Waals surface area contributed by atoms with Gasteiger partial charge in [-0.15, -0.1) is 10.2 Å². The molecular weight excluding hydrogens is 318 g/mol. The van der Waals surface area contributed by atoms with Gasteiger partial charge in [-0.2, -0.15) is 0 Å². The molecular formula is C18H17N5O2. The molecule has 3 aromatic heterocycles. The SMILES string of the molecule is CCOc1cccc2[nH]cc(CC(=O)Nc3ccc4nncn4c3)c12. The van der Waals surface area contributed by atoms with E-state index in [1.54, 1.807) is 16.9 Å². The topological polar surface area (TPSA) is 84.3 Å². The fourth-order valence-electron chi connectivity index (χ4n) is 2.91. The number of aromatic nitrogens is 4. The number of carbonyl (C=O) groups is 1. The number of anilines is 1. The maximum Gasteiger partial charge on any atom is 0.228 e. The second-order valence-electron chi connectivity index (χ2n) is 5.66. The second-order valence-corrected chi connectivity index (χ2v) is 5.66. The van der Waals surface area contributed by atoms with Gasteiger partial charge in [0, 0.05) is 23.3 Å². The maximum absolute atomic E-state index is 12.5. The minimum absolute atomic E-state index is 0.0976. The van der Waals surface area contributed by atoms with Crippen LogP contribution in [0.2, 0.25) is 0 Å². The number of amides is 1. The van der Waals surface area contributed by atoms with Gasteiger partial charge >= 0.3 is 0 Å². The van der Waals surface area contributed by atoms with Crippen LogP contribution in [-0.2, 0) is 11.2 Å². The number of pyridine rings is 1. The van der Waals surface area contributed by atoms with Crippen molar-refractivity contribution in [2.24, 2.45) is 0 Å². The Kier molecular flexibility index (Phi) is 3.81. The lowest BCUT2D eigenvalue weighted by atomic mass is 10.1. The molecule has 0 aliphatic rings. The van der Waals surface area contributed by atoms with E-state index in [2.05, 4.69) is 20.5 Å². The minimum Gasteiger partial charge on any atom is -0.493 e. The number of hydrogen-bond donors (Lipinski definition) is 2. The lowest BCUT2D eigenvalue weighted by molar-refractivity contribution is -0.115. The molecule has 0 saturated carbocycles. The Morgan fingerprint density at radius 3 is 3.12 bits per heavy atom. The van der Waals surface area contributed by atoms with Gasteiger partial charge in [-0.25, -0.2) is 0 Å². The fraction of sp³-hybridized carbons (Fsp3) is 0.167. The van der Waals surface area contributed by atoms with E-state index < -0.39 is 0 Å². The maximum atomic E-state index is 12.5. The van der Waals surface area contributed by atoms with E-state index in [9.17, 15) is 4.79 Å². The molecule has 0 saturated heterocycles. The number of H-pyrrole nitrogens is 1. The molecule has 25 heavy (non-hydrogen) atoms. The van der Waals surface area contributed by atoms with E-state index in [4.69, 9.17) is 4.74 Å². The molecule has 4 aromatic rings. The van der Waals surface area contributed by atoms with E-state index >= 15 is 0 Å². The number of hydrogen-bond acceptors (Lipinski definition) is 4. The third kappa shape index (κ3) is 2.91. The summed E-state index contributed by atoms with van der Waals surface area (Å²) in [5.74, 6) is 0.689. The van der Waals surface area contributed by atoms with Crippen molar-refractivity contribution in [3.05, 3.63) is 54.6 Å². The molecule has 0 spiro atoms. The summed E-state index contributed by atoms with van der Waals surface area (Å²) in [5, 5.41) is 11.6. The van der Waals surface area contributed by atoms with Gasteiger partial charge < -0.3 is 15.0 Å². The van der Waals surface area contributed by atoms with Crippen LogP contribution in [0.15, 0.2) is 49.1 Å². The first-order valence-electron chi connectivity index (χ1n) is 8.05. The van der Waals surface area contributed by atoms with Crippen molar-refractivity contribution in [2.75, 3.05) is 11.9 Å². The quantitative estimate of drug-likeness (QED) is 0.587. The van der Waals surface area contributed by atoms with E-state index in [0.717, 1.165) is 27.9 Å². The van der Waals surface area contributed by atoms with Gasteiger partial charge in [0.1, 0.15) is 12.1 Å². The van der Waals surface area contributed by atoms with Crippen LogP contribution in [0.4, 0.5) is 5.69 Å². The average molecular weight is 335 g/mol. The third-order valence-corrected chi connectivity index (χ3v) is 3.97. The van der Waals surface area contributed by atoms with E-state index in [1.165, 1.54) is 0 Å². The smallest absolute Gasteiger partial charge is 0.228 e. The zero-order chi connectivity index (χ0) is 17.2. The average Bonchev–Trinajstić information content (AvgIpc) is 3.22. The predicted octanol–water partition coefficient (Wildman–Crippen LogP) is 2.79. The molecule has 0 unspecified atom stereocenters. The lowest BCUT2D eigenvalue weighted by Gasteiger charge is -2.08. The van der Waals surface area contributed by atoms with Crippen LogP contribution in [-0.4, -0.2) is 32.1 Å². The Morgan fingerprint density at radius 1 is 1.32 bits per heavy atom. The van der Waals surface area contributed by atoms with Gasteiger partial charge in [0.2, 0.25) is 5.91 Å². The molecule has 2 N–H and O–H groups in total. The van der Waals surface area contributed by atoms with E-state index in [0.29, 0.717) is 12.3 Å². The first kappa shape index (κ1) is 15.2. The Balaban J connectivity index is 1.57. The number of carbonyl (C=O) groups excluding carboxylic acids is 1. The van der Waals surface area contributed by atoms with Gasteiger partial charge in [-0.05, 0) is 36.8 Å². The number of aromatic amines is 1. The molecule has 0 fully saturated rings. The summed E-state index contributed by atoms with van der Waals surface area (Å²) < 4.78 is 7.45. The highest BCUT2D eigenvalue weighted by atomic mass is 16.5. The van der Waals surface area contributed by atoms with Crippen molar-refractivity contribution < 1.29 is 9.53 Å². The molecule has 0 atom stereocenters. The van der Waals surface area contributed by atoms with Crippen LogP contribution in [0, 0.1) is 0 Å². The summed E-state index contributed by atoms with van der Waals surface area (Å²) in [6, 6.07) is 9.44. The van der Waals surface area contributed by atoms with Crippen LogP contribution in [0.3, 0.4) is 0 Å². The van der Waals surface area contributed by atoms with Crippen LogP contribution >= 0.6 is 0 Å². The Labute approximate surface area is 143 Å². The summed E-state index contributed by atoms with van der Waals surface area (Å²) in [6.07, 6.45) is 5.49. The highest BCUT2D eigenvalue weighted by Crippen LogP contribution is 2.29. The molecule has 7 heteroatoms. The standard InChI is InChI=1S/C18H17N5O2/c1-2-25-15-5-3-4-14-18(15)12(9-19-14)8-17(24)21-13-6-7-16-22-20-11-23(16)10-13/h3-7,9-11,19H,2,8H2,1H3,(H,21,24). The van der Waals surface area contributed by atoms with Crippen LogP contribution < -0.4 is 10.1 Å². The number of nitrogens with zero attached hydrogens (tertiary/aromatic N) is 3. The zero-order valence-corrected chi connectivity index (χ0v) is 13.7. The molecule has 4 rings (SSSR count). The van der Waals surface area contributed by atoms with Crippen molar-refractivity contribution in [1.82, 2.24) is 19.6 Å². The molecule has 0 aliphatic heterocycles. The molecule has 3 heterocycles. The molecule has 1 amide bonds. The largest absolute Gasteiger partial charge is 0.493 e. The summed E-state index contributed by atoms with van der Waals surface area (Å²) in [7, 11) is 0. The van der Waals surface area contributed by atoms with Gasteiger partial charge in [0.15, 0.2) is 5.65 Å². The monoisotopic (exact) mass is 335 g/mol. The highest BCUT2D eigenvalue weighted by Gasteiger charge is 2.13. The first-order valence-corrected chi connectivity index (χ1v) is 8.05.